The molecule has 6 nitrogen and oxygen atoms in total. The number of hydrogen-bond donors (Lipinski definition) is 3. The van der Waals surface area contributed by atoms with Crippen LogP contribution in [0.25, 0.3) is 0 Å². The number of carbonyl (C=O) groups is 1. The van der Waals surface area contributed by atoms with Crippen molar-refractivity contribution in [3.8, 4) is 5.75 Å². The Bertz CT molecular complexity index is 533. The number of carbonyl (C=O) groups excluding carboxylic acids is 1. The molecule has 0 fully saturated rings. The van der Waals surface area contributed by atoms with Crippen molar-refractivity contribution >= 4 is 17.3 Å². The number of benzene rings is 1. The van der Waals surface area contributed by atoms with Gasteiger partial charge in [0, 0.05) is 12.7 Å². The highest BCUT2D eigenvalue weighted by Gasteiger charge is 2.17. The molecule has 88 valence electrons. The van der Waals surface area contributed by atoms with Crippen LogP contribution in [-0.2, 0) is 0 Å². The number of aromatic hydroxyl groups is 1. The van der Waals surface area contributed by atoms with Crippen LogP contribution in [0.1, 0.15) is 10.5 Å². The quantitative estimate of drug-likeness (QED) is 0.719. The first kappa shape index (κ1) is 11.0. The lowest BCUT2D eigenvalue weighted by atomic mass is 10.2. The molecule has 4 N–H and O–H groups in total. The molecule has 0 bridgehead atoms. The zero-order valence-corrected chi connectivity index (χ0v) is 9.21. The third-order valence-electron chi connectivity index (χ3n) is 2.42. The number of anilines is 2. The molecular formula is C11H12N4O2. The van der Waals surface area contributed by atoms with Gasteiger partial charge in [0.25, 0.3) is 5.91 Å². The molecule has 1 aromatic carbocycles. The maximum absolute atomic E-state index is 12.0. The average Bonchev–Trinajstić information content (AvgIpc) is 2.74. The SMILES string of the molecule is CN(C(=O)c1[nH]ncc1N)c1ccc(O)cc1. The maximum atomic E-state index is 12.0. The molecule has 0 saturated carbocycles. The molecule has 0 aliphatic heterocycles. The van der Waals surface area contributed by atoms with Gasteiger partial charge in [-0.25, -0.2) is 0 Å². The highest BCUT2D eigenvalue weighted by Crippen LogP contribution is 2.19. The first-order valence-corrected chi connectivity index (χ1v) is 4.95. The molecule has 1 aromatic heterocycles. The molecule has 0 spiro atoms. The number of aromatic nitrogens is 2. The summed E-state index contributed by atoms with van der Waals surface area (Å²) in [6.45, 7) is 0. The van der Waals surface area contributed by atoms with Crippen molar-refractivity contribution in [2.75, 3.05) is 17.7 Å². The van der Waals surface area contributed by atoms with Crippen LogP contribution in [0.3, 0.4) is 0 Å². The number of H-pyrrole nitrogens is 1. The van der Waals surface area contributed by atoms with Crippen molar-refractivity contribution in [2.24, 2.45) is 0 Å². The number of rotatable bonds is 2. The maximum Gasteiger partial charge on any atom is 0.278 e. The minimum absolute atomic E-state index is 0.149. The summed E-state index contributed by atoms with van der Waals surface area (Å²) in [5.41, 5.74) is 6.81. The number of phenolic OH excluding ortho intramolecular Hbond substituents is 1. The zero-order chi connectivity index (χ0) is 12.4. The smallest absolute Gasteiger partial charge is 0.278 e. The number of amides is 1. The Balaban J connectivity index is 2.26. The second-order valence-electron chi connectivity index (χ2n) is 3.58. The van der Waals surface area contributed by atoms with Crippen molar-refractivity contribution in [1.82, 2.24) is 10.2 Å². The van der Waals surface area contributed by atoms with E-state index in [0.717, 1.165) is 0 Å². The third-order valence-corrected chi connectivity index (χ3v) is 2.42. The van der Waals surface area contributed by atoms with Gasteiger partial charge in [-0.3, -0.25) is 9.89 Å². The van der Waals surface area contributed by atoms with Crippen LogP contribution in [0.5, 0.6) is 5.75 Å². The van der Waals surface area contributed by atoms with E-state index >= 15 is 0 Å². The number of nitrogens with one attached hydrogen (secondary N) is 1. The van der Waals surface area contributed by atoms with Crippen molar-refractivity contribution < 1.29 is 9.90 Å². The summed E-state index contributed by atoms with van der Waals surface area (Å²) in [6.07, 6.45) is 1.39. The Hall–Kier alpha value is -2.50. The van der Waals surface area contributed by atoms with Gasteiger partial charge in [0.2, 0.25) is 0 Å². The number of aromatic amines is 1. The molecule has 0 atom stereocenters. The van der Waals surface area contributed by atoms with E-state index in [1.807, 2.05) is 0 Å². The lowest BCUT2D eigenvalue weighted by Gasteiger charge is -2.16. The van der Waals surface area contributed by atoms with Crippen LogP contribution in [0.15, 0.2) is 30.5 Å². The van der Waals surface area contributed by atoms with Gasteiger partial charge in [0.05, 0.1) is 11.9 Å². The Morgan fingerprint density at radius 3 is 2.59 bits per heavy atom. The summed E-state index contributed by atoms with van der Waals surface area (Å²) in [6, 6.07) is 6.30. The molecule has 2 rings (SSSR count). The van der Waals surface area contributed by atoms with Gasteiger partial charge in [0.15, 0.2) is 0 Å². The molecule has 1 heterocycles. The fourth-order valence-electron chi connectivity index (χ4n) is 1.43. The van der Waals surface area contributed by atoms with Gasteiger partial charge in [-0.2, -0.15) is 5.10 Å². The summed E-state index contributed by atoms with van der Waals surface area (Å²) >= 11 is 0. The number of hydrogen-bond acceptors (Lipinski definition) is 4. The van der Waals surface area contributed by atoms with Crippen molar-refractivity contribution in [1.29, 1.82) is 0 Å². The predicted octanol–water partition coefficient (Wildman–Crippen LogP) is 0.974. The molecule has 0 aliphatic carbocycles. The van der Waals surface area contributed by atoms with Crippen LogP contribution < -0.4 is 10.6 Å². The van der Waals surface area contributed by atoms with Gasteiger partial charge < -0.3 is 15.7 Å². The molecule has 1 amide bonds. The largest absolute Gasteiger partial charge is 0.508 e. The summed E-state index contributed by atoms with van der Waals surface area (Å²) in [7, 11) is 1.62. The Kier molecular flexibility index (Phi) is 2.70. The predicted molar refractivity (Wildman–Crippen MR) is 63.8 cm³/mol. The van der Waals surface area contributed by atoms with Crippen LogP contribution in [0.4, 0.5) is 11.4 Å². The average molecular weight is 232 g/mol. The topological polar surface area (TPSA) is 95.2 Å². The normalized spacial score (nSPS) is 10.2. The summed E-state index contributed by atoms with van der Waals surface area (Å²) in [4.78, 5) is 13.4. The Labute approximate surface area is 97.7 Å². The second-order valence-corrected chi connectivity index (χ2v) is 3.58. The van der Waals surface area contributed by atoms with Crippen molar-refractivity contribution in [3.05, 3.63) is 36.2 Å². The number of nitrogen functional groups attached to an aromatic ring is 1. The Morgan fingerprint density at radius 1 is 1.41 bits per heavy atom. The zero-order valence-electron chi connectivity index (χ0n) is 9.21. The summed E-state index contributed by atoms with van der Waals surface area (Å²) < 4.78 is 0. The van der Waals surface area contributed by atoms with Crippen LogP contribution >= 0.6 is 0 Å². The molecule has 17 heavy (non-hydrogen) atoms. The highest BCUT2D eigenvalue weighted by molar-refractivity contribution is 6.07. The highest BCUT2D eigenvalue weighted by atomic mass is 16.3. The van der Waals surface area contributed by atoms with Crippen LogP contribution in [-0.4, -0.2) is 28.3 Å². The van der Waals surface area contributed by atoms with Crippen molar-refractivity contribution in [2.45, 2.75) is 0 Å². The first-order valence-electron chi connectivity index (χ1n) is 4.95. The van der Waals surface area contributed by atoms with Gasteiger partial charge in [-0.15, -0.1) is 0 Å². The van der Waals surface area contributed by atoms with E-state index in [4.69, 9.17) is 10.8 Å². The molecular weight excluding hydrogens is 220 g/mol. The molecule has 2 aromatic rings. The van der Waals surface area contributed by atoms with E-state index in [2.05, 4.69) is 10.2 Å². The molecule has 0 radical (unpaired) electrons. The van der Waals surface area contributed by atoms with Crippen molar-refractivity contribution in [3.63, 3.8) is 0 Å². The van der Waals surface area contributed by atoms with Gasteiger partial charge >= 0.3 is 0 Å². The van der Waals surface area contributed by atoms with Gasteiger partial charge in [-0.05, 0) is 24.3 Å². The lowest BCUT2D eigenvalue weighted by molar-refractivity contribution is 0.0989. The van der Waals surface area contributed by atoms with Gasteiger partial charge in [-0.1, -0.05) is 0 Å². The van der Waals surface area contributed by atoms with E-state index in [9.17, 15) is 4.79 Å². The molecule has 0 saturated heterocycles. The fraction of sp³-hybridized carbons (Fsp3) is 0.0909. The molecule has 6 heteroatoms. The van der Waals surface area contributed by atoms with E-state index in [0.29, 0.717) is 11.4 Å². The number of nitrogens with zero attached hydrogens (tertiary/aromatic N) is 2. The molecule has 0 aliphatic rings. The molecule has 0 unspecified atom stereocenters. The second kappa shape index (κ2) is 4.17. The first-order chi connectivity index (χ1) is 8.09. The van der Waals surface area contributed by atoms with E-state index in [-0.39, 0.29) is 17.4 Å². The summed E-state index contributed by atoms with van der Waals surface area (Å²) in [5, 5.41) is 15.4. The van der Waals surface area contributed by atoms with Gasteiger partial charge in [0.1, 0.15) is 11.4 Å². The van der Waals surface area contributed by atoms with Crippen LogP contribution in [0, 0.1) is 0 Å². The fourth-order valence-corrected chi connectivity index (χ4v) is 1.43. The minimum atomic E-state index is -0.286. The monoisotopic (exact) mass is 232 g/mol. The van der Waals surface area contributed by atoms with E-state index in [1.54, 1.807) is 19.2 Å². The van der Waals surface area contributed by atoms with E-state index < -0.39 is 0 Å². The number of phenols is 1. The number of nitrogens with two attached hydrogens (primary N) is 1. The lowest BCUT2D eigenvalue weighted by Crippen LogP contribution is -2.27. The Morgan fingerprint density at radius 2 is 2.06 bits per heavy atom. The summed E-state index contributed by atoms with van der Waals surface area (Å²) in [5.74, 6) is -0.138. The third kappa shape index (κ3) is 2.05. The van der Waals surface area contributed by atoms with Crippen LogP contribution in [0.2, 0.25) is 0 Å². The van der Waals surface area contributed by atoms with E-state index in [1.165, 1.54) is 23.2 Å². The minimum Gasteiger partial charge on any atom is -0.508 e. The standard InChI is InChI=1S/C11H12N4O2/c1-15(7-2-4-8(16)5-3-7)11(17)10-9(12)6-13-14-10/h2-6,16H,12H2,1H3,(H,13,14).